The summed E-state index contributed by atoms with van der Waals surface area (Å²) in [4.78, 5) is 20.3. The van der Waals surface area contributed by atoms with E-state index in [9.17, 15) is 46.6 Å². The molecule has 328 valence electrons. The lowest BCUT2D eigenvalue weighted by atomic mass is 9.84. The zero-order chi connectivity index (χ0) is 46.2. The summed E-state index contributed by atoms with van der Waals surface area (Å²) < 4.78 is 196. The van der Waals surface area contributed by atoms with Crippen molar-refractivity contribution in [3.8, 4) is 34.5 Å². The van der Waals surface area contributed by atoms with Crippen LogP contribution < -0.4 is 14.2 Å². The third kappa shape index (κ3) is 8.62. The van der Waals surface area contributed by atoms with Crippen molar-refractivity contribution in [1.29, 1.82) is 0 Å². The summed E-state index contributed by atoms with van der Waals surface area (Å²) in [6.45, 7) is 0. The highest BCUT2D eigenvalue weighted by molar-refractivity contribution is 5.45. The molecule has 0 fully saturated rings. The molecular formula is C42H24F12N2O7. The Kier molecular flexibility index (Phi) is 11.9. The summed E-state index contributed by atoms with van der Waals surface area (Å²) in [5, 5.41) is 21.7. The van der Waals surface area contributed by atoms with E-state index in [2.05, 4.69) is 0 Å². The van der Waals surface area contributed by atoms with Gasteiger partial charge in [-0.25, -0.2) is 8.78 Å². The van der Waals surface area contributed by atoms with Crippen LogP contribution in [0.15, 0.2) is 146 Å². The van der Waals surface area contributed by atoms with Crippen LogP contribution in [-0.4, -0.2) is 22.2 Å². The Bertz CT molecular complexity index is 2390. The number of nitro benzene ring substituents is 2. The van der Waals surface area contributed by atoms with Gasteiger partial charge in [-0.05, 0) is 97.1 Å². The van der Waals surface area contributed by atoms with Crippen molar-refractivity contribution in [3.63, 3.8) is 0 Å². The summed E-state index contributed by atoms with van der Waals surface area (Å²) in [6.07, 6.45) is -12.5. The Hall–Kier alpha value is -7.32. The second-order valence-electron chi connectivity index (χ2n) is 13.4. The third-order valence-electron chi connectivity index (χ3n) is 9.39. The van der Waals surface area contributed by atoms with Crippen molar-refractivity contribution in [2.24, 2.45) is 0 Å². The van der Waals surface area contributed by atoms with E-state index in [1.165, 1.54) is 24.3 Å². The molecule has 0 aromatic heterocycles. The molecule has 0 radical (unpaired) electrons. The van der Waals surface area contributed by atoms with Crippen molar-refractivity contribution in [2.45, 2.75) is 35.5 Å². The number of non-ortho nitro benzene ring substituents is 2. The molecule has 6 aromatic rings. The van der Waals surface area contributed by atoms with Gasteiger partial charge in [0.25, 0.3) is 22.7 Å². The highest BCUT2D eigenvalue weighted by atomic mass is 19.4. The van der Waals surface area contributed by atoms with Crippen LogP contribution in [-0.2, 0) is 23.2 Å². The average Bonchev–Trinajstić information content (AvgIpc) is 3.23. The van der Waals surface area contributed by atoms with Gasteiger partial charge < -0.3 is 14.2 Å². The topological polar surface area (TPSA) is 114 Å². The van der Waals surface area contributed by atoms with Crippen LogP contribution in [0.5, 0.6) is 34.5 Å². The first-order chi connectivity index (χ1) is 29.4. The van der Waals surface area contributed by atoms with E-state index in [4.69, 9.17) is 14.2 Å². The van der Waals surface area contributed by atoms with Gasteiger partial charge in [-0.15, -0.1) is 0 Å². The highest BCUT2D eigenvalue weighted by Gasteiger charge is 2.73. The van der Waals surface area contributed by atoms with E-state index in [0.29, 0.717) is 72.8 Å². The molecule has 0 aliphatic rings. The summed E-state index contributed by atoms with van der Waals surface area (Å²) in [5.41, 5.74) is -17.4. The van der Waals surface area contributed by atoms with Gasteiger partial charge in [-0.1, -0.05) is 24.3 Å². The Morgan fingerprint density at radius 2 is 0.508 bits per heavy atom. The second kappa shape index (κ2) is 16.5. The number of rotatable bonds is 14. The minimum absolute atomic E-state index is 0.00175. The maximum absolute atomic E-state index is 16.0. The lowest BCUT2D eigenvalue weighted by Gasteiger charge is -2.35. The van der Waals surface area contributed by atoms with Crippen molar-refractivity contribution in [3.05, 3.63) is 188 Å². The van der Waals surface area contributed by atoms with Crippen LogP contribution in [0.25, 0.3) is 0 Å². The minimum atomic E-state index is -6.24. The van der Waals surface area contributed by atoms with E-state index in [0.717, 1.165) is 48.5 Å². The molecule has 0 spiro atoms. The van der Waals surface area contributed by atoms with Gasteiger partial charge in [0.15, 0.2) is 0 Å². The number of alkyl halides is 12. The van der Waals surface area contributed by atoms with Gasteiger partial charge in [-0.3, -0.25) is 20.2 Å². The summed E-state index contributed by atoms with van der Waals surface area (Å²) >= 11 is 0. The highest BCUT2D eigenvalue weighted by Crippen LogP contribution is 2.59. The molecule has 0 aliphatic carbocycles. The van der Waals surface area contributed by atoms with E-state index in [-0.39, 0.29) is 34.4 Å². The maximum atomic E-state index is 16.0. The lowest BCUT2D eigenvalue weighted by molar-refractivity contribution is -0.385. The number of hydrogen-bond acceptors (Lipinski definition) is 7. The standard InChI is InChI=1S/C42H24F12N2O7/c43-37(41(49,50)51,39(45,46)27-5-17-33(18-6-27)62-35-21-9-29(10-22-35)55(57)58)25-1-13-31(14-2-25)61-32-15-3-26(4-16-32)38(44,42(52,53)54)40(47,48)28-7-19-34(20-8-28)63-36-23-11-30(12-24-36)56(59)60/h1-24H. The minimum Gasteiger partial charge on any atom is -0.457 e. The second-order valence-corrected chi connectivity index (χ2v) is 13.4. The van der Waals surface area contributed by atoms with Gasteiger partial charge in [0.05, 0.1) is 9.85 Å². The van der Waals surface area contributed by atoms with Gasteiger partial charge in [0.2, 0.25) is 0 Å². The molecule has 6 aromatic carbocycles. The summed E-state index contributed by atoms with van der Waals surface area (Å²) in [5.74, 6) is -12.0. The summed E-state index contributed by atoms with van der Waals surface area (Å²) in [7, 11) is 0. The van der Waals surface area contributed by atoms with E-state index >= 15 is 26.3 Å². The quantitative estimate of drug-likeness (QED) is 0.0607. The predicted octanol–water partition coefficient (Wildman–Crippen LogP) is 13.9. The van der Waals surface area contributed by atoms with Gasteiger partial charge in [0, 0.05) is 46.5 Å². The van der Waals surface area contributed by atoms with Crippen molar-refractivity contribution < 1.29 is 76.7 Å². The molecule has 9 nitrogen and oxygen atoms in total. The van der Waals surface area contributed by atoms with E-state index < -0.39 is 79.1 Å². The van der Waals surface area contributed by atoms with Crippen LogP contribution in [0.3, 0.4) is 0 Å². The lowest BCUT2D eigenvalue weighted by Crippen LogP contribution is -2.51. The molecular weight excluding hydrogens is 872 g/mol. The Morgan fingerprint density at radius 3 is 0.698 bits per heavy atom. The predicted molar refractivity (Wildman–Crippen MR) is 198 cm³/mol. The molecule has 0 amide bonds. The molecule has 0 saturated carbocycles. The largest absolute Gasteiger partial charge is 0.457 e. The molecule has 2 unspecified atom stereocenters. The van der Waals surface area contributed by atoms with Crippen LogP contribution >= 0.6 is 0 Å². The number of halogens is 12. The normalized spacial score (nSPS) is 14.2. The Balaban J connectivity index is 1.19. The summed E-state index contributed by atoms with van der Waals surface area (Å²) in [6, 6.07) is 17.7. The Morgan fingerprint density at radius 1 is 0.317 bits per heavy atom. The maximum Gasteiger partial charge on any atom is 0.433 e. The molecule has 63 heavy (non-hydrogen) atoms. The van der Waals surface area contributed by atoms with Gasteiger partial charge in [-0.2, -0.15) is 43.9 Å². The van der Waals surface area contributed by atoms with Crippen LogP contribution in [0.2, 0.25) is 0 Å². The number of benzene rings is 6. The smallest absolute Gasteiger partial charge is 0.433 e. The van der Waals surface area contributed by atoms with Gasteiger partial charge >= 0.3 is 24.2 Å². The fraction of sp³-hybridized carbons (Fsp3) is 0.143. The van der Waals surface area contributed by atoms with Crippen molar-refractivity contribution in [2.75, 3.05) is 0 Å². The zero-order valence-corrected chi connectivity index (χ0v) is 31.1. The van der Waals surface area contributed by atoms with Crippen LogP contribution in [0.1, 0.15) is 22.3 Å². The molecule has 6 rings (SSSR count). The van der Waals surface area contributed by atoms with Crippen molar-refractivity contribution in [1.82, 2.24) is 0 Å². The van der Waals surface area contributed by atoms with Gasteiger partial charge in [0.1, 0.15) is 34.5 Å². The molecule has 0 bridgehead atoms. The molecule has 0 aliphatic heterocycles. The molecule has 0 N–H and O–H groups in total. The molecule has 0 saturated heterocycles. The average molecular weight is 897 g/mol. The van der Waals surface area contributed by atoms with E-state index in [1.807, 2.05) is 0 Å². The van der Waals surface area contributed by atoms with Crippen molar-refractivity contribution >= 4 is 11.4 Å². The SMILES string of the molecule is O=[N+]([O-])c1ccc(Oc2ccc(C(F)(F)C(F)(c3ccc(Oc4ccc(C(F)(C(F)(F)F)C(F)(F)c5ccc(Oc6ccc([N+](=O)[O-])cc6)cc5)cc4)cc3)C(F)(F)F)cc2)cc1. The first-order valence-electron chi connectivity index (χ1n) is 17.6. The number of ether oxygens (including phenoxy) is 3. The monoisotopic (exact) mass is 896 g/mol. The van der Waals surface area contributed by atoms with Crippen LogP contribution in [0, 0.1) is 20.2 Å². The van der Waals surface area contributed by atoms with Crippen LogP contribution in [0.4, 0.5) is 64.1 Å². The number of nitrogens with zero attached hydrogens (tertiary/aromatic N) is 2. The fourth-order valence-electron chi connectivity index (χ4n) is 6.09. The fourth-order valence-corrected chi connectivity index (χ4v) is 6.09. The molecule has 0 heterocycles. The molecule has 21 heteroatoms. The first-order valence-corrected chi connectivity index (χ1v) is 17.6. The third-order valence-corrected chi connectivity index (χ3v) is 9.39. The Labute approximate surface area is 346 Å². The number of hydrogen-bond donors (Lipinski definition) is 0. The molecule has 2 atom stereocenters. The zero-order valence-electron chi connectivity index (χ0n) is 31.1. The van der Waals surface area contributed by atoms with E-state index in [1.54, 1.807) is 0 Å². The first kappa shape index (κ1) is 45.2. The number of nitro groups is 2.